The minimum atomic E-state index is 0.0747. The monoisotopic (exact) mass is 598 g/mol. The van der Waals surface area contributed by atoms with Gasteiger partial charge in [0, 0.05) is 47.4 Å². The fourth-order valence-corrected chi connectivity index (χ4v) is 7.67. The standard InChI is InChI=1S/C35H38N2O5S/c1-36-12-10-22-15-30(38-3)31-19-27(22)28(36)14-21-6-8-24(9-7-21)41-25-17-26(43-20-25)18-29-33-23(11-13-37(29)2)16-32(39-4)34(40-5)35(33)42-31/h6-9,15-17,19-20,28-29H,10-14,18H2,1-5H3/t28-,29+/m1/s1. The average Bonchev–Trinajstić information content (AvgIpc) is 3.46. The quantitative estimate of drug-likeness (QED) is 0.247. The highest BCUT2D eigenvalue weighted by molar-refractivity contribution is 7.10. The van der Waals surface area contributed by atoms with Crippen LogP contribution < -0.4 is 23.7 Å². The van der Waals surface area contributed by atoms with Crippen molar-refractivity contribution in [2.45, 2.75) is 37.8 Å². The van der Waals surface area contributed by atoms with E-state index in [9.17, 15) is 0 Å². The first-order valence-corrected chi connectivity index (χ1v) is 15.7. The van der Waals surface area contributed by atoms with Gasteiger partial charge in [0.05, 0.1) is 21.3 Å². The Kier molecular flexibility index (Phi) is 7.45. The number of thiophene rings is 1. The molecule has 0 saturated carbocycles. The maximum Gasteiger partial charge on any atom is 0.204 e. The molecule has 4 aliphatic heterocycles. The van der Waals surface area contributed by atoms with Crippen LogP contribution in [0.15, 0.2) is 53.9 Å². The van der Waals surface area contributed by atoms with Gasteiger partial charge in [-0.1, -0.05) is 12.1 Å². The lowest BCUT2D eigenvalue weighted by Gasteiger charge is -2.37. The van der Waals surface area contributed by atoms with Gasteiger partial charge in [0.1, 0.15) is 11.5 Å². The molecule has 1 aromatic heterocycles. The summed E-state index contributed by atoms with van der Waals surface area (Å²) in [7, 11) is 9.47. The minimum Gasteiger partial charge on any atom is -0.493 e. The molecule has 0 aliphatic carbocycles. The maximum absolute atomic E-state index is 7.00. The first-order chi connectivity index (χ1) is 20.9. The molecule has 4 aromatic rings. The number of hydrogen-bond acceptors (Lipinski definition) is 8. The number of fused-ring (bicyclic) bond motifs is 2. The summed E-state index contributed by atoms with van der Waals surface area (Å²) in [5.74, 6) is 5.09. The third-order valence-electron chi connectivity index (χ3n) is 9.22. The fraction of sp³-hybridized carbons (Fsp3) is 0.371. The molecule has 0 fully saturated rings. The van der Waals surface area contributed by atoms with Gasteiger partial charge in [-0.25, -0.2) is 0 Å². The highest BCUT2D eigenvalue weighted by atomic mass is 32.1. The van der Waals surface area contributed by atoms with Crippen molar-refractivity contribution < 1.29 is 23.7 Å². The van der Waals surface area contributed by atoms with Crippen molar-refractivity contribution in [3.8, 4) is 40.2 Å². The molecule has 0 spiro atoms. The Balaban J connectivity index is 1.45. The second kappa shape index (κ2) is 11.4. The summed E-state index contributed by atoms with van der Waals surface area (Å²) in [5.41, 5.74) is 6.17. The van der Waals surface area contributed by atoms with Crippen molar-refractivity contribution in [3.05, 3.63) is 86.6 Å². The van der Waals surface area contributed by atoms with Gasteiger partial charge in [-0.15, -0.1) is 11.3 Å². The molecule has 0 unspecified atom stereocenters. The molecule has 8 heteroatoms. The first kappa shape index (κ1) is 28.1. The Labute approximate surface area is 257 Å². The molecule has 0 amide bonds. The van der Waals surface area contributed by atoms with E-state index in [1.165, 1.54) is 27.1 Å². The molecule has 6 bridgehead atoms. The second-order valence-corrected chi connectivity index (χ2v) is 12.7. The van der Waals surface area contributed by atoms with Crippen LogP contribution >= 0.6 is 11.3 Å². The van der Waals surface area contributed by atoms with Crippen LogP contribution in [0.2, 0.25) is 0 Å². The van der Waals surface area contributed by atoms with E-state index in [0.717, 1.165) is 61.6 Å². The zero-order chi connectivity index (χ0) is 29.7. The Morgan fingerprint density at radius 1 is 0.744 bits per heavy atom. The number of nitrogens with zero attached hydrogens (tertiary/aromatic N) is 2. The van der Waals surface area contributed by atoms with Crippen molar-refractivity contribution in [3.63, 3.8) is 0 Å². The van der Waals surface area contributed by atoms with E-state index in [0.29, 0.717) is 23.0 Å². The molecule has 7 nitrogen and oxygen atoms in total. The summed E-state index contributed by atoms with van der Waals surface area (Å²) in [6, 6.07) is 17.4. The van der Waals surface area contributed by atoms with Crippen LogP contribution in [-0.2, 0) is 25.7 Å². The summed E-state index contributed by atoms with van der Waals surface area (Å²) in [4.78, 5) is 6.09. The molecule has 0 saturated heterocycles. The Morgan fingerprint density at radius 3 is 2.21 bits per heavy atom. The summed E-state index contributed by atoms with van der Waals surface area (Å²) in [5, 5.41) is 2.10. The number of likely N-dealkylation sites (N-methyl/N-ethyl adjacent to an activating group) is 2. The van der Waals surface area contributed by atoms with Crippen LogP contribution in [0.4, 0.5) is 0 Å². The van der Waals surface area contributed by atoms with E-state index in [4.69, 9.17) is 23.7 Å². The van der Waals surface area contributed by atoms with E-state index in [2.05, 4.69) is 77.8 Å². The Bertz CT molecular complexity index is 1650. The zero-order valence-corrected chi connectivity index (χ0v) is 26.3. The number of ether oxygens (including phenoxy) is 5. The first-order valence-electron chi connectivity index (χ1n) is 14.9. The van der Waals surface area contributed by atoms with Crippen LogP contribution in [0.5, 0.6) is 40.2 Å². The molecule has 4 aliphatic rings. The van der Waals surface area contributed by atoms with E-state index in [1.807, 2.05) is 0 Å². The highest BCUT2D eigenvalue weighted by Gasteiger charge is 2.34. The Morgan fingerprint density at radius 2 is 1.47 bits per heavy atom. The third-order valence-corrected chi connectivity index (χ3v) is 10.2. The number of hydrogen-bond donors (Lipinski definition) is 0. The summed E-state index contributed by atoms with van der Waals surface area (Å²) in [6.45, 7) is 1.91. The molecule has 5 heterocycles. The highest BCUT2D eigenvalue weighted by Crippen LogP contribution is 2.52. The normalized spacial score (nSPS) is 19.8. The summed E-state index contributed by atoms with van der Waals surface area (Å²) < 4.78 is 31.1. The van der Waals surface area contributed by atoms with Gasteiger partial charge in [-0.05, 0) is 92.0 Å². The van der Waals surface area contributed by atoms with E-state index >= 15 is 0 Å². The lowest BCUT2D eigenvalue weighted by atomic mass is 9.88. The van der Waals surface area contributed by atoms with E-state index < -0.39 is 0 Å². The second-order valence-electron chi connectivity index (χ2n) is 11.7. The zero-order valence-electron chi connectivity index (χ0n) is 25.4. The molecular weight excluding hydrogens is 560 g/mol. The van der Waals surface area contributed by atoms with Gasteiger partial charge in [-0.2, -0.15) is 0 Å². The molecule has 0 N–H and O–H groups in total. The molecule has 43 heavy (non-hydrogen) atoms. The molecule has 0 radical (unpaired) electrons. The SMILES string of the molecule is COc1cc2c3cc1Oc1c(OC)c(OC)cc4c1[C@H](Cc1cc(cs1)Oc1ccc(cc1)C[C@H]3N(C)CC2)N(C)CC4. The Hall–Kier alpha value is -3.72. The van der Waals surface area contributed by atoms with Gasteiger partial charge < -0.3 is 23.7 Å². The summed E-state index contributed by atoms with van der Waals surface area (Å²) >= 11 is 1.73. The molecule has 2 atom stereocenters. The lowest BCUT2D eigenvalue weighted by Crippen LogP contribution is -2.34. The molecule has 224 valence electrons. The maximum atomic E-state index is 7.00. The van der Waals surface area contributed by atoms with Gasteiger partial charge in [0.25, 0.3) is 0 Å². The van der Waals surface area contributed by atoms with E-state index in [-0.39, 0.29) is 12.1 Å². The van der Waals surface area contributed by atoms with Crippen molar-refractivity contribution >= 4 is 11.3 Å². The van der Waals surface area contributed by atoms with Crippen molar-refractivity contribution in [1.29, 1.82) is 0 Å². The molecular formula is C35H38N2O5S. The number of methoxy groups -OCH3 is 3. The van der Waals surface area contributed by atoms with Gasteiger partial charge in [0.15, 0.2) is 23.0 Å². The minimum absolute atomic E-state index is 0.0747. The van der Waals surface area contributed by atoms with Gasteiger partial charge in [0.2, 0.25) is 5.75 Å². The number of rotatable bonds is 3. The van der Waals surface area contributed by atoms with E-state index in [1.54, 1.807) is 32.7 Å². The third kappa shape index (κ3) is 5.11. The van der Waals surface area contributed by atoms with Crippen LogP contribution in [0.3, 0.4) is 0 Å². The predicted octanol–water partition coefficient (Wildman–Crippen LogP) is 7.22. The van der Waals surface area contributed by atoms with Crippen molar-refractivity contribution in [2.75, 3.05) is 48.5 Å². The van der Waals surface area contributed by atoms with Gasteiger partial charge in [-0.3, -0.25) is 9.80 Å². The number of benzene rings is 3. The fourth-order valence-electron chi connectivity index (χ4n) is 6.85. The summed E-state index contributed by atoms with van der Waals surface area (Å²) in [6.07, 6.45) is 3.54. The van der Waals surface area contributed by atoms with Gasteiger partial charge >= 0.3 is 0 Å². The predicted molar refractivity (Wildman–Crippen MR) is 169 cm³/mol. The van der Waals surface area contributed by atoms with Crippen LogP contribution in [0, 0.1) is 0 Å². The average molecular weight is 599 g/mol. The lowest BCUT2D eigenvalue weighted by molar-refractivity contribution is 0.221. The van der Waals surface area contributed by atoms with Crippen molar-refractivity contribution in [1.82, 2.24) is 9.80 Å². The topological polar surface area (TPSA) is 52.6 Å². The molecule has 3 aromatic carbocycles. The van der Waals surface area contributed by atoms with Crippen LogP contribution in [0.1, 0.15) is 44.8 Å². The van der Waals surface area contributed by atoms with Crippen molar-refractivity contribution in [2.24, 2.45) is 0 Å². The van der Waals surface area contributed by atoms with Crippen LogP contribution in [-0.4, -0.2) is 58.3 Å². The molecule has 8 rings (SSSR count). The smallest absolute Gasteiger partial charge is 0.204 e. The largest absolute Gasteiger partial charge is 0.493 e. The van der Waals surface area contributed by atoms with Crippen LogP contribution in [0.25, 0.3) is 0 Å².